The summed E-state index contributed by atoms with van der Waals surface area (Å²) in [6, 6.07) is -0.158. The molecule has 4 nitrogen and oxygen atoms in total. The molecule has 1 heterocycles. The molecule has 0 radical (unpaired) electrons. The van der Waals surface area contributed by atoms with E-state index in [0.29, 0.717) is 12.3 Å². The molecule has 0 aliphatic heterocycles. The van der Waals surface area contributed by atoms with Crippen molar-refractivity contribution in [1.82, 2.24) is 4.98 Å². The predicted molar refractivity (Wildman–Crippen MR) is 53.9 cm³/mol. The van der Waals surface area contributed by atoms with Crippen LogP contribution in [-0.2, 0) is 11.2 Å². The van der Waals surface area contributed by atoms with Crippen molar-refractivity contribution in [2.24, 2.45) is 5.73 Å². The summed E-state index contributed by atoms with van der Waals surface area (Å²) in [5.74, 6) is 1.39. The van der Waals surface area contributed by atoms with Crippen LogP contribution >= 0.6 is 0 Å². The van der Waals surface area contributed by atoms with E-state index in [1.807, 2.05) is 20.8 Å². The molecule has 1 aromatic heterocycles. The standard InChI is InChI=1S/C10H18N2O2/c1-7(11)9-12-6-8(14-9)5-10(2,3)13-4/h6-7H,5,11H2,1-4H3. The minimum Gasteiger partial charge on any atom is -0.444 e. The van der Waals surface area contributed by atoms with Gasteiger partial charge in [0.2, 0.25) is 5.89 Å². The Kier molecular flexibility index (Phi) is 3.29. The third kappa shape index (κ3) is 2.82. The van der Waals surface area contributed by atoms with Gasteiger partial charge < -0.3 is 14.9 Å². The second-order valence-corrected chi connectivity index (χ2v) is 4.09. The molecule has 0 amide bonds. The number of hydrogen-bond acceptors (Lipinski definition) is 4. The normalized spacial score (nSPS) is 14.4. The van der Waals surface area contributed by atoms with Gasteiger partial charge in [-0.3, -0.25) is 0 Å². The highest BCUT2D eigenvalue weighted by molar-refractivity contribution is 5.00. The minimum atomic E-state index is -0.228. The lowest BCUT2D eigenvalue weighted by atomic mass is 10.0. The third-order valence-electron chi connectivity index (χ3n) is 2.11. The van der Waals surface area contributed by atoms with E-state index in [1.165, 1.54) is 0 Å². The van der Waals surface area contributed by atoms with E-state index in [9.17, 15) is 0 Å². The van der Waals surface area contributed by atoms with E-state index >= 15 is 0 Å². The number of rotatable bonds is 4. The van der Waals surface area contributed by atoms with Gasteiger partial charge >= 0.3 is 0 Å². The molecule has 0 aliphatic rings. The lowest BCUT2D eigenvalue weighted by molar-refractivity contribution is 0.0189. The summed E-state index contributed by atoms with van der Waals surface area (Å²) in [6.07, 6.45) is 2.41. The maximum Gasteiger partial charge on any atom is 0.210 e. The van der Waals surface area contributed by atoms with Crippen molar-refractivity contribution in [1.29, 1.82) is 0 Å². The van der Waals surface area contributed by atoms with Gasteiger partial charge in [0.1, 0.15) is 5.76 Å². The van der Waals surface area contributed by atoms with Crippen LogP contribution in [-0.4, -0.2) is 17.7 Å². The Labute approximate surface area is 84.5 Å². The van der Waals surface area contributed by atoms with E-state index in [-0.39, 0.29) is 11.6 Å². The molecule has 0 aliphatic carbocycles. The molecule has 0 saturated heterocycles. The Hall–Kier alpha value is -0.870. The third-order valence-corrected chi connectivity index (χ3v) is 2.11. The first-order valence-corrected chi connectivity index (χ1v) is 4.70. The van der Waals surface area contributed by atoms with Gasteiger partial charge in [-0.2, -0.15) is 0 Å². The lowest BCUT2D eigenvalue weighted by Gasteiger charge is -2.20. The van der Waals surface area contributed by atoms with Gasteiger partial charge in [-0.15, -0.1) is 0 Å². The summed E-state index contributed by atoms with van der Waals surface area (Å²) in [7, 11) is 1.68. The molecule has 1 atom stereocenters. The predicted octanol–water partition coefficient (Wildman–Crippen LogP) is 1.66. The Morgan fingerprint density at radius 2 is 2.29 bits per heavy atom. The summed E-state index contributed by atoms with van der Waals surface area (Å²) in [5, 5.41) is 0. The monoisotopic (exact) mass is 198 g/mol. The SMILES string of the molecule is COC(C)(C)Cc1cnc(C(C)N)o1. The molecule has 1 aromatic rings. The number of nitrogens with zero attached hydrogens (tertiary/aromatic N) is 1. The zero-order valence-electron chi connectivity index (χ0n) is 9.20. The molecular formula is C10H18N2O2. The van der Waals surface area contributed by atoms with Crippen LogP contribution in [0, 0.1) is 0 Å². The van der Waals surface area contributed by atoms with Gasteiger partial charge in [0.25, 0.3) is 0 Å². The van der Waals surface area contributed by atoms with Gasteiger partial charge in [-0.25, -0.2) is 4.98 Å². The van der Waals surface area contributed by atoms with Crippen LogP contribution in [0.1, 0.15) is 38.5 Å². The summed E-state index contributed by atoms with van der Waals surface area (Å²) in [4.78, 5) is 4.09. The van der Waals surface area contributed by atoms with E-state index in [1.54, 1.807) is 13.3 Å². The number of ether oxygens (including phenoxy) is 1. The first-order valence-electron chi connectivity index (χ1n) is 4.70. The van der Waals surface area contributed by atoms with E-state index in [4.69, 9.17) is 14.9 Å². The fraction of sp³-hybridized carbons (Fsp3) is 0.700. The summed E-state index contributed by atoms with van der Waals surface area (Å²) >= 11 is 0. The van der Waals surface area contributed by atoms with Crippen molar-refractivity contribution in [2.45, 2.75) is 38.8 Å². The van der Waals surface area contributed by atoms with E-state index in [0.717, 1.165) is 5.76 Å². The van der Waals surface area contributed by atoms with Crippen LogP contribution in [0.2, 0.25) is 0 Å². The quantitative estimate of drug-likeness (QED) is 0.799. The number of aromatic nitrogens is 1. The molecule has 1 unspecified atom stereocenters. The molecule has 80 valence electrons. The first kappa shape index (κ1) is 11.2. The topological polar surface area (TPSA) is 61.3 Å². The number of oxazole rings is 1. The molecule has 14 heavy (non-hydrogen) atoms. The van der Waals surface area contributed by atoms with Crippen LogP contribution in [0.3, 0.4) is 0 Å². The highest BCUT2D eigenvalue weighted by Crippen LogP contribution is 2.18. The molecule has 4 heteroatoms. The molecule has 2 N–H and O–H groups in total. The van der Waals surface area contributed by atoms with Crippen LogP contribution in [0.15, 0.2) is 10.6 Å². The average Bonchev–Trinajstić information content (AvgIpc) is 2.52. The van der Waals surface area contributed by atoms with Gasteiger partial charge in [0.15, 0.2) is 0 Å². The second kappa shape index (κ2) is 4.11. The molecule has 0 fully saturated rings. The van der Waals surface area contributed by atoms with Gasteiger partial charge in [-0.1, -0.05) is 0 Å². The number of nitrogens with two attached hydrogens (primary N) is 1. The maximum absolute atomic E-state index is 5.64. The highest BCUT2D eigenvalue weighted by atomic mass is 16.5. The minimum absolute atomic E-state index is 0.158. The molecule has 0 saturated carbocycles. The molecular weight excluding hydrogens is 180 g/mol. The van der Waals surface area contributed by atoms with Crippen molar-refractivity contribution in [3.63, 3.8) is 0 Å². The number of hydrogen-bond donors (Lipinski definition) is 1. The zero-order chi connectivity index (χ0) is 10.8. The van der Waals surface area contributed by atoms with Crippen molar-refractivity contribution in [3.8, 4) is 0 Å². The largest absolute Gasteiger partial charge is 0.444 e. The Morgan fingerprint density at radius 1 is 1.64 bits per heavy atom. The van der Waals surface area contributed by atoms with Crippen molar-refractivity contribution < 1.29 is 9.15 Å². The van der Waals surface area contributed by atoms with Crippen molar-refractivity contribution >= 4 is 0 Å². The Bertz CT molecular complexity index is 292. The van der Waals surface area contributed by atoms with E-state index in [2.05, 4.69) is 4.98 Å². The zero-order valence-corrected chi connectivity index (χ0v) is 9.20. The van der Waals surface area contributed by atoms with Crippen LogP contribution in [0.25, 0.3) is 0 Å². The van der Waals surface area contributed by atoms with E-state index < -0.39 is 0 Å². The molecule has 0 aromatic carbocycles. The van der Waals surface area contributed by atoms with Crippen LogP contribution < -0.4 is 5.73 Å². The van der Waals surface area contributed by atoms with Crippen LogP contribution in [0.5, 0.6) is 0 Å². The second-order valence-electron chi connectivity index (χ2n) is 4.09. The summed E-state index contributed by atoms with van der Waals surface area (Å²) in [5.41, 5.74) is 5.41. The first-order chi connectivity index (χ1) is 6.44. The van der Waals surface area contributed by atoms with Crippen molar-refractivity contribution in [3.05, 3.63) is 17.8 Å². The molecule has 0 bridgehead atoms. The van der Waals surface area contributed by atoms with Gasteiger partial charge in [0, 0.05) is 13.5 Å². The fourth-order valence-electron chi connectivity index (χ4n) is 1.11. The van der Waals surface area contributed by atoms with Crippen LogP contribution in [0.4, 0.5) is 0 Å². The smallest absolute Gasteiger partial charge is 0.210 e. The maximum atomic E-state index is 5.64. The lowest BCUT2D eigenvalue weighted by Crippen LogP contribution is -2.25. The molecule has 0 spiro atoms. The Morgan fingerprint density at radius 3 is 2.71 bits per heavy atom. The summed E-state index contributed by atoms with van der Waals surface area (Å²) < 4.78 is 10.8. The Balaban J connectivity index is 2.69. The van der Waals surface area contributed by atoms with Crippen molar-refractivity contribution in [2.75, 3.05) is 7.11 Å². The average molecular weight is 198 g/mol. The number of methoxy groups -OCH3 is 1. The fourth-order valence-corrected chi connectivity index (χ4v) is 1.11. The van der Waals surface area contributed by atoms with Gasteiger partial charge in [-0.05, 0) is 20.8 Å². The summed E-state index contributed by atoms with van der Waals surface area (Å²) in [6.45, 7) is 5.85. The highest BCUT2D eigenvalue weighted by Gasteiger charge is 2.20. The van der Waals surface area contributed by atoms with Gasteiger partial charge in [0.05, 0.1) is 17.8 Å². The molecule has 1 rings (SSSR count).